The number of methoxy groups -OCH3 is 1. The number of fused-ring (bicyclic) bond motifs is 1. The van der Waals surface area contributed by atoms with Gasteiger partial charge in [-0.2, -0.15) is 0 Å². The van der Waals surface area contributed by atoms with Crippen LogP contribution in [-0.4, -0.2) is 26.3 Å². The molecule has 25 heavy (non-hydrogen) atoms. The minimum absolute atomic E-state index is 0.220. The van der Waals surface area contributed by atoms with Crippen molar-refractivity contribution in [2.75, 3.05) is 25.6 Å². The van der Waals surface area contributed by atoms with Gasteiger partial charge in [0.2, 0.25) is 0 Å². The van der Waals surface area contributed by atoms with E-state index in [9.17, 15) is 4.39 Å². The van der Waals surface area contributed by atoms with Crippen LogP contribution in [0.5, 0.6) is 17.2 Å². The summed E-state index contributed by atoms with van der Waals surface area (Å²) in [7, 11) is 1.49. The van der Waals surface area contributed by atoms with Gasteiger partial charge in [-0.05, 0) is 29.8 Å². The highest BCUT2D eigenvalue weighted by atomic mass is 19.1. The van der Waals surface area contributed by atoms with Crippen LogP contribution in [0.1, 0.15) is 12.0 Å². The lowest BCUT2D eigenvalue weighted by molar-refractivity contribution is 0.297. The number of nitrogens with zero attached hydrogens (tertiary/aromatic N) is 1. The number of anilines is 1. The highest BCUT2D eigenvalue weighted by Crippen LogP contribution is 2.32. The molecule has 1 aliphatic heterocycles. The van der Waals surface area contributed by atoms with Crippen LogP contribution in [0.25, 0.3) is 0 Å². The summed E-state index contributed by atoms with van der Waals surface area (Å²) in [6, 6.07) is 9.90. The quantitative estimate of drug-likeness (QED) is 0.658. The monoisotopic (exact) mass is 345 g/mol. The molecule has 0 bridgehead atoms. The number of nitrogens with one attached hydrogen (secondary N) is 1. The molecular weight excluding hydrogens is 325 g/mol. The van der Waals surface area contributed by atoms with Crippen molar-refractivity contribution in [3.8, 4) is 17.2 Å². The zero-order valence-corrected chi connectivity index (χ0v) is 13.9. The summed E-state index contributed by atoms with van der Waals surface area (Å²) in [5, 5.41) is 2.99. The molecule has 7 heteroatoms. The predicted octanol–water partition coefficient (Wildman–Crippen LogP) is 2.92. The molecule has 1 heterocycles. The van der Waals surface area contributed by atoms with Crippen molar-refractivity contribution in [2.24, 2.45) is 10.7 Å². The lowest BCUT2D eigenvalue weighted by Crippen LogP contribution is -2.22. The Labute approximate surface area is 145 Å². The van der Waals surface area contributed by atoms with E-state index in [1.165, 1.54) is 19.2 Å². The van der Waals surface area contributed by atoms with Crippen LogP contribution in [0.3, 0.4) is 0 Å². The lowest BCUT2D eigenvalue weighted by atomic mass is 10.2. The van der Waals surface area contributed by atoms with E-state index >= 15 is 0 Å². The molecule has 6 nitrogen and oxygen atoms in total. The number of hydrogen-bond acceptors (Lipinski definition) is 4. The Morgan fingerprint density at radius 2 is 2.00 bits per heavy atom. The average molecular weight is 345 g/mol. The second-order valence-electron chi connectivity index (χ2n) is 5.54. The van der Waals surface area contributed by atoms with Crippen molar-refractivity contribution in [3.63, 3.8) is 0 Å². The van der Waals surface area contributed by atoms with Gasteiger partial charge in [0.05, 0.1) is 26.9 Å². The first-order chi connectivity index (χ1) is 12.1. The number of nitrogens with two attached hydrogens (primary N) is 1. The van der Waals surface area contributed by atoms with Gasteiger partial charge in [-0.15, -0.1) is 0 Å². The Morgan fingerprint density at radius 1 is 1.20 bits per heavy atom. The number of rotatable bonds is 4. The molecule has 0 saturated heterocycles. The molecular formula is C18H20FN3O3. The highest BCUT2D eigenvalue weighted by molar-refractivity contribution is 5.92. The Hall–Kier alpha value is -2.96. The van der Waals surface area contributed by atoms with Crippen LogP contribution in [0.2, 0.25) is 0 Å². The second-order valence-corrected chi connectivity index (χ2v) is 5.54. The Bertz CT molecular complexity index is 780. The van der Waals surface area contributed by atoms with E-state index in [-0.39, 0.29) is 18.3 Å². The maximum absolute atomic E-state index is 13.5. The first-order valence-electron chi connectivity index (χ1n) is 7.94. The number of aliphatic imine (C=N–C) groups is 1. The van der Waals surface area contributed by atoms with Gasteiger partial charge in [0.1, 0.15) is 11.6 Å². The van der Waals surface area contributed by atoms with E-state index in [0.717, 1.165) is 12.1 Å². The molecule has 1 aliphatic rings. The van der Waals surface area contributed by atoms with Crippen molar-refractivity contribution in [2.45, 2.75) is 13.0 Å². The maximum Gasteiger partial charge on any atom is 0.193 e. The molecule has 0 aromatic heterocycles. The fraction of sp³-hybridized carbons (Fsp3) is 0.278. The van der Waals surface area contributed by atoms with Crippen molar-refractivity contribution in [3.05, 3.63) is 47.8 Å². The molecule has 3 rings (SSSR count). The lowest BCUT2D eigenvalue weighted by Gasteiger charge is -2.11. The summed E-state index contributed by atoms with van der Waals surface area (Å²) in [5.74, 6) is 1.67. The predicted molar refractivity (Wildman–Crippen MR) is 94.0 cm³/mol. The number of halogens is 1. The third kappa shape index (κ3) is 4.53. The largest absolute Gasteiger partial charge is 0.497 e. The number of benzene rings is 2. The highest BCUT2D eigenvalue weighted by Gasteiger charge is 2.11. The molecule has 0 amide bonds. The van der Waals surface area contributed by atoms with E-state index in [1.54, 1.807) is 6.07 Å². The van der Waals surface area contributed by atoms with Gasteiger partial charge >= 0.3 is 0 Å². The van der Waals surface area contributed by atoms with Crippen LogP contribution >= 0.6 is 0 Å². The zero-order valence-electron chi connectivity index (χ0n) is 13.9. The standard InChI is InChI=1S/C18H20FN3O3/c1-23-15-8-12(7-13(19)9-15)11-21-18(20)22-14-3-4-16-17(10-14)25-6-2-5-24-16/h3-4,7-10H,2,5-6,11H2,1H3,(H3,20,21,22). The Kier molecular flexibility index (Phi) is 5.23. The molecule has 0 radical (unpaired) electrons. The topological polar surface area (TPSA) is 78.1 Å². The number of ether oxygens (including phenoxy) is 3. The molecule has 132 valence electrons. The number of hydrogen-bond donors (Lipinski definition) is 2. The molecule has 2 aromatic rings. The minimum Gasteiger partial charge on any atom is -0.497 e. The third-order valence-corrected chi connectivity index (χ3v) is 3.62. The molecule has 0 atom stereocenters. The molecule has 3 N–H and O–H groups in total. The van der Waals surface area contributed by atoms with Gasteiger partial charge < -0.3 is 25.3 Å². The Morgan fingerprint density at radius 3 is 2.80 bits per heavy atom. The van der Waals surface area contributed by atoms with Crippen molar-refractivity contribution in [1.82, 2.24) is 0 Å². The normalized spacial score (nSPS) is 13.9. The number of guanidine groups is 1. The maximum atomic E-state index is 13.5. The van der Waals surface area contributed by atoms with E-state index in [0.29, 0.717) is 36.0 Å². The van der Waals surface area contributed by atoms with E-state index in [4.69, 9.17) is 19.9 Å². The van der Waals surface area contributed by atoms with Gasteiger partial charge in [-0.1, -0.05) is 0 Å². The van der Waals surface area contributed by atoms with Gasteiger partial charge in [0.25, 0.3) is 0 Å². The van der Waals surface area contributed by atoms with Crippen molar-refractivity contribution in [1.29, 1.82) is 0 Å². The van der Waals surface area contributed by atoms with Crippen LogP contribution in [0, 0.1) is 5.82 Å². The third-order valence-electron chi connectivity index (χ3n) is 3.62. The van der Waals surface area contributed by atoms with E-state index < -0.39 is 0 Å². The van der Waals surface area contributed by atoms with Crippen LogP contribution < -0.4 is 25.3 Å². The fourth-order valence-electron chi connectivity index (χ4n) is 2.43. The van der Waals surface area contributed by atoms with Crippen LogP contribution in [0.4, 0.5) is 10.1 Å². The van der Waals surface area contributed by atoms with Gasteiger partial charge in [-0.3, -0.25) is 0 Å². The summed E-state index contributed by atoms with van der Waals surface area (Å²) < 4.78 is 29.7. The second kappa shape index (κ2) is 7.74. The summed E-state index contributed by atoms with van der Waals surface area (Å²) in [4.78, 5) is 4.23. The smallest absolute Gasteiger partial charge is 0.193 e. The van der Waals surface area contributed by atoms with E-state index in [1.807, 2.05) is 18.2 Å². The van der Waals surface area contributed by atoms with Crippen LogP contribution in [-0.2, 0) is 6.54 Å². The van der Waals surface area contributed by atoms with Gasteiger partial charge in [-0.25, -0.2) is 9.38 Å². The summed E-state index contributed by atoms with van der Waals surface area (Å²) in [6.07, 6.45) is 0.845. The van der Waals surface area contributed by atoms with Gasteiger partial charge in [0, 0.05) is 24.2 Å². The van der Waals surface area contributed by atoms with E-state index in [2.05, 4.69) is 10.3 Å². The van der Waals surface area contributed by atoms with Gasteiger partial charge in [0.15, 0.2) is 17.5 Å². The van der Waals surface area contributed by atoms with Crippen LogP contribution in [0.15, 0.2) is 41.4 Å². The summed E-state index contributed by atoms with van der Waals surface area (Å²) >= 11 is 0. The summed E-state index contributed by atoms with van der Waals surface area (Å²) in [5.41, 5.74) is 7.32. The Balaban J connectivity index is 1.67. The van der Waals surface area contributed by atoms with Crippen molar-refractivity contribution >= 4 is 11.6 Å². The first kappa shape index (κ1) is 16.9. The molecule has 0 spiro atoms. The molecule has 0 fully saturated rings. The SMILES string of the molecule is COc1cc(F)cc(CN=C(N)Nc2ccc3c(c2)OCCCO3)c1. The molecule has 0 unspecified atom stereocenters. The molecule has 0 aliphatic carbocycles. The van der Waals surface area contributed by atoms with Crippen molar-refractivity contribution < 1.29 is 18.6 Å². The minimum atomic E-state index is -0.376. The molecule has 0 saturated carbocycles. The zero-order chi connectivity index (χ0) is 17.6. The fourth-order valence-corrected chi connectivity index (χ4v) is 2.43. The molecule has 2 aromatic carbocycles. The summed E-state index contributed by atoms with van der Waals surface area (Å²) in [6.45, 7) is 1.49. The first-order valence-corrected chi connectivity index (χ1v) is 7.94. The average Bonchev–Trinajstić information content (AvgIpc) is 2.84.